The summed E-state index contributed by atoms with van der Waals surface area (Å²) in [6.45, 7) is 0. The first kappa shape index (κ1) is 17.5. The molecule has 9 heteroatoms. The highest BCUT2D eigenvalue weighted by Gasteiger charge is 2.31. The molecule has 25 heavy (non-hydrogen) atoms. The molecule has 0 saturated carbocycles. The Bertz CT molecular complexity index is 845. The van der Waals surface area contributed by atoms with Gasteiger partial charge in [-0.05, 0) is 49.4 Å². The molecule has 1 amide bonds. The van der Waals surface area contributed by atoms with Crippen LogP contribution in [0.5, 0.6) is 0 Å². The van der Waals surface area contributed by atoms with Crippen molar-refractivity contribution < 1.29 is 22.4 Å². The Morgan fingerprint density at radius 1 is 1.20 bits per heavy atom. The second-order valence-electron chi connectivity index (χ2n) is 5.63. The molecule has 0 unspecified atom stereocenters. The van der Waals surface area contributed by atoms with Crippen LogP contribution in [-0.4, -0.2) is 5.91 Å². The predicted molar refractivity (Wildman–Crippen MR) is 85.8 cm³/mol. The van der Waals surface area contributed by atoms with Crippen LogP contribution in [0.4, 0.5) is 28.3 Å². The number of carbonyl (C=O) groups excluding carboxylic acids is 1. The van der Waals surface area contributed by atoms with Crippen molar-refractivity contribution in [1.82, 2.24) is 0 Å². The molecule has 0 saturated heterocycles. The number of fused-ring (bicyclic) bond motifs is 1. The smallest absolute Gasteiger partial charge is 0.344 e. The zero-order chi connectivity index (χ0) is 18.2. The summed E-state index contributed by atoms with van der Waals surface area (Å²) in [6, 6.07) is 2.09. The lowest BCUT2D eigenvalue weighted by molar-refractivity contribution is -0.137. The molecule has 0 bridgehead atoms. The van der Waals surface area contributed by atoms with Gasteiger partial charge in [0.05, 0.1) is 16.8 Å². The Morgan fingerprint density at radius 2 is 1.92 bits per heavy atom. The van der Waals surface area contributed by atoms with E-state index in [4.69, 9.17) is 0 Å². The molecule has 3 rings (SSSR count). The molecule has 1 heterocycles. The van der Waals surface area contributed by atoms with Gasteiger partial charge in [-0.25, -0.2) is 4.39 Å². The number of hydrogen-bond donors (Lipinski definition) is 1. The fraction of sp³-hybridized carbons (Fsp3) is 0.312. The van der Waals surface area contributed by atoms with Gasteiger partial charge in [0.25, 0.3) is 0 Å². The predicted octanol–water partition coefficient (Wildman–Crippen LogP) is 5.44. The molecule has 1 aliphatic carbocycles. The van der Waals surface area contributed by atoms with Gasteiger partial charge in [-0.2, -0.15) is 13.2 Å². The quantitative estimate of drug-likeness (QED) is 0.577. The Hall–Kier alpha value is -2.29. The number of halogens is 4. The summed E-state index contributed by atoms with van der Waals surface area (Å²) >= 11 is 1.20. The normalized spacial score (nSPS) is 14.1. The van der Waals surface area contributed by atoms with E-state index >= 15 is 0 Å². The minimum atomic E-state index is -4.65. The molecule has 4 nitrogen and oxygen atoms in total. The maximum absolute atomic E-state index is 14.0. The van der Waals surface area contributed by atoms with Crippen LogP contribution in [0, 0.1) is 10.7 Å². The van der Waals surface area contributed by atoms with Gasteiger partial charge < -0.3 is 5.32 Å². The average molecular weight is 372 g/mol. The summed E-state index contributed by atoms with van der Waals surface area (Å²) in [7, 11) is 0. The van der Waals surface area contributed by atoms with E-state index in [9.17, 15) is 27.3 Å². The van der Waals surface area contributed by atoms with Crippen molar-refractivity contribution in [2.45, 2.75) is 31.9 Å². The SMILES string of the molecule is O=NC(=O)c1c(Nc2ccc(C(F)(F)F)cc2F)sc2c1CCCC2. The van der Waals surface area contributed by atoms with Crippen LogP contribution in [0.2, 0.25) is 0 Å². The monoisotopic (exact) mass is 372 g/mol. The van der Waals surface area contributed by atoms with Crippen LogP contribution in [0.3, 0.4) is 0 Å². The number of rotatable bonds is 3. The Balaban J connectivity index is 1.99. The molecule has 132 valence electrons. The number of carbonyl (C=O) groups is 1. The van der Waals surface area contributed by atoms with E-state index in [0.717, 1.165) is 41.8 Å². The summed E-state index contributed by atoms with van der Waals surface area (Å²) in [4.78, 5) is 23.5. The second-order valence-corrected chi connectivity index (χ2v) is 6.73. The molecular weight excluding hydrogens is 360 g/mol. The van der Waals surface area contributed by atoms with E-state index in [-0.39, 0.29) is 16.3 Å². The van der Waals surface area contributed by atoms with Gasteiger partial charge in [-0.1, -0.05) is 0 Å². The fourth-order valence-corrected chi connectivity index (χ4v) is 4.13. The second kappa shape index (κ2) is 6.55. The molecule has 1 aliphatic rings. The summed E-state index contributed by atoms with van der Waals surface area (Å²) in [5.74, 6) is -2.06. The largest absolute Gasteiger partial charge is 0.416 e. The summed E-state index contributed by atoms with van der Waals surface area (Å²) in [5, 5.41) is 5.33. The minimum absolute atomic E-state index is 0.0917. The molecule has 0 aliphatic heterocycles. The van der Waals surface area contributed by atoms with E-state index in [0.29, 0.717) is 12.5 Å². The lowest BCUT2D eigenvalue weighted by atomic mass is 9.95. The third-order valence-electron chi connectivity index (χ3n) is 4.01. The number of nitroso groups, excluding NO2 is 1. The lowest BCUT2D eigenvalue weighted by Gasteiger charge is -2.11. The lowest BCUT2D eigenvalue weighted by Crippen LogP contribution is -2.07. The molecule has 0 fully saturated rings. The number of nitrogens with one attached hydrogen (secondary N) is 1. The maximum Gasteiger partial charge on any atom is 0.416 e. The van der Waals surface area contributed by atoms with E-state index in [1.165, 1.54) is 11.3 Å². The first-order valence-corrected chi connectivity index (χ1v) is 8.29. The van der Waals surface area contributed by atoms with Gasteiger partial charge >= 0.3 is 12.1 Å². The van der Waals surface area contributed by atoms with Crippen molar-refractivity contribution in [2.75, 3.05) is 5.32 Å². The fourth-order valence-electron chi connectivity index (χ4n) is 2.84. The van der Waals surface area contributed by atoms with Crippen LogP contribution >= 0.6 is 11.3 Å². The van der Waals surface area contributed by atoms with E-state index in [1.54, 1.807) is 0 Å². The third-order valence-corrected chi connectivity index (χ3v) is 5.22. The van der Waals surface area contributed by atoms with Gasteiger partial charge in [0, 0.05) is 10.1 Å². The summed E-state index contributed by atoms with van der Waals surface area (Å²) in [5.41, 5.74) is -0.497. The van der Waals surface area contributed by atoms with Crippen molar-refractivity contribution in [1.29, 1.82) is 0 Å². The van der Waals surface area contributed by atoms with Crippen molar-refractivity contribution in [3.8, 4) is 0 Å². The number of thiophene rings is 1. The molecule has 2 aromatic rings. The Labute approximate surface area is 143 Å². The molecule has 0 radical (unpaired) electrons. The van der Waals surface area contributed by atoms with Gasteiger partial charge in [-0.15, -0.1) is 16.2 Å². The summed E-state index contributed by atoms with van der Waals surface area (Å²) in [6.07, 6.45) is -1.51. The number of aryl methyl sites for hydroxylation is 1. The van der Waals surface area contributed by atoms with Gasteiger partial charge in [-0.3, -0.25) is 4.79 Å². The van der Waals surface area contributed by atoms with Crippen LogP contribution in [0.15, 0.2) is 23.4 Å². The highest BCUT2D eigenvalue weighted by Crippen LogP contribution is 2.40. The molecule has 1 aromatic heterocycles. The van der Waals surface area contributed by atoms with Crippen molar-refractivity contribution in [3.63, 3.8) is 0 Å². The van der Waals surface area contributed by atoms with Crippen LogP contribution in [0.25, 0.3) is 0 Å². The van der Waals surface area contributed by atoms with Crippen LogP contribution in [0.1, 0.15) is 39.2 Å². The van der Waals surface area contributed by atoms with Crippen LogP contribution in [-0.2, 0) is 19.0 Å². The summed E-state index contributed by atoms with van der Waals surface area (Å²) < 4.78 is 51.9. The average Bonchev–Trinajstić information content (AvgIpc) is 2.93. The van der Waals surface area contributed by atoms with Crippen molar-refractivity contribution >= 4 is 27.9 Å². The van der Waals surface area contributed by atoms with E-state index in [1.807, 2.05) is 0 Å². The standard InChI is InChI=1S/C16H12F4N2O2S/c17-10-7-8(16(18,19)20)5-6-11(10)21-15-13(14(23)22-24)9-3-1-2-4-12(9)25-15/h5-7,21H,1-4H2. The number of anilines is 2. The topological polar surface area (TPSA) is 58.5 Å². The first-order valence-electron chi connectivity index (χ1n) is 7.47. The number of hydrogen-bond acceptors (Lipinski definition) is 4. The van der Waals surface area contributed by atoms with Crippen molar-refractivity contribution in [2.24, 2.45) is 5.18 Å². The number of amides is 1. The molecule has 1 aromatic carbocycles. The van der Waals surface area contributed by atoms with Gasteiger partial charge in [0.1, 0.15) is 10.8 Å². The van der Waals surface area contributed by atoms with Crippen molar-refractivity contribution in [3.05, 3.63) is 50.5 Å². The maximum atomic E-state index is 14.0. The number of benzene rings is 1. The highest BCUT2D eigenvalue weighted by molar-refractivity contribution is 7.16. The van der Waals surface area contributed by atoms with E-state index < -0.39 is 23.5 Å². The molecule has 0 atom stereocenters. The zero-order valence-electron chi connectivity index (χ0n) is 12.7. The highest BCUT2D eigenvalue weighted by atomic mass is 32.1. The third kappa shape index (κ3) is 3.41. The van der Waals surface area contributed by atoms with E-state index in [2.05, 4.69) is 10.5 Å². The number of alkyl halides is 3. The first-order chi connectivity index (χ1) is 11.8. The molecule has 0 spiro atoms. The molecular formula is C16H12F4N2O2S. The Morgan fingerprint density at radius 3 is 2.56 bits per heavy atom. The van der Waals surface area contributed by atoms with Gasteiger partial charge in [0.2, 0.25) is 0 Å². The molecule has 1 N–H and O–H groups in total. The van der Waals surface area contributed by atoms with Gasteiger partial charge in [0.15, 0.2) is 0 Å². The Kier molecular flexibility index (Phi) is 4.59. The zero-order valence-corrected chi connectivity index (χ0v) is 13.6. The minimum Gasteiger partial charge on any atom is -0.344 e. The number of nitrogens with zero attached hydrogens (tertiary/aromatic N) is 1. The van der Waals surface area contributed by atoms with Crippen LogP contribution < -0.4 is 5.32 Å².